The average molecular weight is 455 g/mol. The lowest BCUT2D eigenvalue weighted by atomic mass is 10.3. The quantitative estimate of drug-likeness (QED) is 0.694. The second-order valence-corrected chi connectivity index (χ2v) is 8.11. The average Bonchev–Trinajstić information content (AvgIpc) is 2.63. The Balaban J connectivity index is 2.21. The second kappa shape index (κ2) is 5.81. The summed E-state index contributed by atoms with van der Waals surface area (Å²) in [5.74, 6) is 0.355. The molecule has 0 unspecified atom stereocenters. The van der Waals surface area contributed by atoms with Crippen molar-refractivity contribution < 1.29 is 4.79 Å². The smallest absolute Gasteiger partial charge is 0.258 e. The van der Waals surface area contributed by atoms with E-state index in [0.717, 1.165) is 17.6 Å². The summed E-state index contributed by atoms with van der Waals surface area (Å²) in [5.41, 5.74) is 1.61. The van der Waals surface area contributed by atoms with Gasteiger partial charge in [0.05, 0.1) is 13.1 Å². The third-order valence-corrected chi connectivity index (χ3v) is 5.36. The normalized spacial score (nSPS) is 10.4. The molecule has 1 amide bonds. The number of amides is 1. The van der Waals surface area contributed by atoms with Gasteiger partial charge in [-0.2, -0.15) is 0 Å². The van der Waals surface area contributed by atoms with Gasteiger partial charge in [0, 0.05) is 10.7 Å². The summed E-state index contributed by atoms with van der Waals surface area (Å²) in [4.78, 5) is 16.2. The monoisotopic (exact) mass is 452 g/mol. The molecule has 0 aliphatic rings. The third-order valence-electron chi connectivity index (χ3n) is 2.19. The van der Waals surface area contributed by atoms with Gasteiger partial charge in [0.2, 0.25) is 0 Å². The molecule has 0 aromatic carbocycles. The maximum atomic E-state index is 12.0. The van der Waals surface area contributed by atoms with Crippen LogP contribution < -0.4 is 5.32 Å². The van der Waals surface area contributed by atoms with Gasteiger partial charge in [-0.3, -0.25) is 4.79 Å². The van der Waals surface area contributed by atoms with Gasteiger partial charge in [0.25, 0.3) is 5.91 Å². The fraction of sp³-hybridized carbons (Fsp3) is 0.0909. The van der Waals surface area contributed by atoms with Crippen LogP contribution in [0.3, 0.4) is 0 Å². The molecule has 0 bridgehead atoms. The van der Waals surface area contributed by atoms with Crippen molar-refractivity contribution in [3.8, 4) is 0 Å². The van der Waals surface area contributed by atoms with E-state index in [4.69, 9.17) is 0 Å². The molecule has 2 aromatic heterocycles. The number of pyridine rings is 1. The molecule has 94 valence electrons. The van der Waals surface area contributed by atoms with Gasteiger partial charge < -0.3 is 5.32 Å². The summed E-state index contributed by atoms with van der Waals surface area (Å²) in [5, 5.41) is 2.77. The Labute approximate surface area is 133 Å². The molecule has 1 N–H and O–H groups in total. The number of nitrogens with one attached hydrogen (secondary N) is 1. The van der Waals surface area contributed by atoms with Crippen LogP contribution in [-0.4, -0.2) is 10.9 Å². The molecule has 3 nitrogen and oxygen atoms in total. The first kappa shape index (κ1) is 14.2. The number of halogens is 3. The molecule has 2 aromatic rings. The highest BCUT2D eigenvalue weighted by Gasteiger charge is 2.14. The van der Waals surface area contributed by atoms with E-state index >= 15 is 0 Å². The van der Waals surface area contributed by atoms with Gasteiger partial charge in [-0.15, -0.1) is 11.3 Å². The Hall–Kier alpha value is -0.240. The van der Waals surface area contributed by atoms with Crippen LogP contribution in [0.5, 0.6) is 0 Å². The van der Waals surface area contributed by atoms with Gasteiger partial charge in [-0.1, -0.05) is 0 Å². The summed E-state index contributed by atoms with van der Waals surface area (Å²) in [6.45, 7) is 1.94. The summed E-state index contributed by atoms with van der Waals surface area (Å²) in [7, 11) is 0. The van der Waals surface area contributed by atoms with E-state index in [0.29, 0.717) is 11.4 Å². The minimum atomic E-state index is -0.182. The van der Waals surface area contributed by atoms with Gasteiger partial charge >= 0.3 is 0 Å². The van der Waals surface area contributed by atoms with Crippen LogP contribution in [0.1, 0.15) is 15.9 Å². The molecule has 2 rings (SSSR count). The van der Waals surface area contributed by atoms with Crippen LogP contribution in [0.25, 0.3) is 0 Å². The van der Waals surface area contributed by atoms with E-state index in [1.807, 2.05) is 13.0 Å². The largest absolute Gasteiger partial charge is 0.306 e. The lowest BCUT2D eigenvalue weighted by Crippen LogP contribution is -2.12. The van der Waals surface area contributed by atoms with E-state index < -0.39 is 0 Å². The molecule has 0 saturated carbocycles. The molecule has 2 heterocycles. The van der Waals surface area contributed by atoms with Crippen molar-refractivity contribution in [2.24, 2.45) is 0 Å². The van der Waals surface area contributed by atoms with Crippen LogP contribution in [0, 0.1) is 6.92 Å². The molecule has 0 atom stereocenters. The fourth-order valence-electron chi connectivity index (χ4n) is 1.29. The number of anilines is 1. The van der Waals surface area contributed by atoms with Gasteiger partial charge in [-0.05, 0) is 72.4 Å². The number of aryl methyl sites for hydroxylation is 1. The summed E-state index contributed by atoms with van der Waals surface area (Å²) in [6.07, 6.45) is 1.67. The number of hydrogen-bond acceptors (Lipinski definition) is 3. The number of hydrogen-bond donors (Lipinski definition) is 1. The van der Waals surface area contributed by atoms with Gasteiger partial charge in [0.1, 0.15) is 5.82 Å². The molecule has 0 spiro atoms. The molecule has 0 aliphatic carbocycles. The predicted molar refractivity (Wildman–Crippen MR) is 84.3 cm³/mol. The van der Waals surface area contributed by atoms with E-state index in [9.17, 15) is 4.79 Å². The Morgan fingerprint density at radius 1 is 1.33 bits per heavy atom. The van der Waals surface area contributed by atoms with E-state index in [-0.39, 0.29) is 5.91 Å². The molecular formula is C11H7Br3N2OS. The molecule has 18 heavy (non-hydrogen) atoms. The summed E-state index contributed by atoms with van der Waals surface area (Å²) < 4.78 is 2.61. The highest BCUT2D eigenvalue weighted by atomic mass is 79.9. The molecule has 0 fully saturated rings. The number of thiophene rings is 1. The zero-order valence-electron chi connectivity index (χ0n) is 9.13. The maximum absolute atomic E-state index is 12.0. The number of carbonyl (C=O) groups is 1. The lowest BCUT2D eigenvalue weighted by Gasteiger charge is -2.05. The first-order chi connectivity index (χ1) is 8.47. The first-order valence-electron chi connectivity index (χ1n) is 4.85. The van der Waals surface area contributed by atoms with Crippen molar-refractivity contribution >= 4 is 70.9 Å². The van der Waals surface area contributed by atoms with Crippen molar-refractivity contribution in [3.05, 3.63) is 41.5 Å². The first-order valence-corrected chi connectivity index (χ1v) is 8.05. The fourth-order valence-corrected chi connectivity index (χ4v) is 4.30. The highest BCUT2D eigenvalue weighted by molar-refractivity contribution is 9.12. The van der Waals surface area contributed by atoms with Crippen molar-refractivity contribution in [2.75, 3.05) is 5.32 Å². The van der Waals surface area contributed by atoms with Crippen LogP contribution in [0.15, 0.2) is 30.4 Å². The van der Waals surface area contributed by atoms with Gasteiger partial charge in [0.15, 0.2) is 0 Å². The van der Waals surface area contributed by atoms with Crippen molar-refractivity contribution in [2.45, 2.75) is 6.92 Å². The standard InChI is InChI=1S/C11H7Br3N2OS/c1-5-2-9(15-4-7(5)12)16-11(17)6-3-8(13)18-10(6)14/h2-4H,1H3,(H,15,16,17). The molecule has 7 heteroatoms. The SMILES string of the molecule is Cc1cc(NC(=O)c2cc(Br)sc2Br)ncc1Br. The zero-order valence-corrected chi connectivity index (χ0v) is 14.7. The van der Waals surface area contributed by atoms with Crippen molar-refractivity contribution in [1.29, 1.82) is 0 Å². The third kappa shape index (κ3) is 3.20. The topological polar surface area (TPSA) is 42.0 Å². The zero-order chi connectivity index (χ0) is 13.3. The Morgan fingerprint density at radius 2 is 2.06 bits per heavy atom. The van der Waals surface area contributed by atoms with Crippen LogP contribution in [0.2, 0.25) is 0 Å². The highest BCUT2D eigenvalue weighted by Crippen LogP contribution is 2.32. The maximum Gasteiger partial charge on any atom is 0.258 e. The number of carbonyl (C=O) groups excluding carboxylic acids is 1. The molecule has 0 saturated heterocycles. The van der Waals surface area contributed by atoms with E-state index in [1.165, 1.54) is 11.3 Å². The Kier molecular flexibility index (Phi) is 4.58. The van der Waals surface area contributed by atoms with Crippen LogP contribution in [-0.2, 0) is 0 Å². The summed E-state index contributed by atoms with van der Waals surface area (Å²) in [6, 6.07) is 3.59. The Morgan fingerprint density at radius 3 is 2.61 bits per heavy atom. The minimum Gasteiger partial charge on any atom is -0.306 e. The Bertz CT molecular complexity index is 612. The van der Waals surface area contributed by atoms with Crippen LogP contribution in [0.4, 0.5) is 5.82 Å². The number of rotatable bonds is 2. The summed E-state index contributed by atoms with van der Waals surface area (Å²) >= 11 is 11.5. The van der Waals surface area contributed by atoms with Gasteiger partial charge in [-0.25, -0.2) is 4.98 Å². The van der Waals surface area contributed by atoms with Crippen molar-refractivity contribution in [3.63, 3.8) is 0 Å². The minimum absolute atomic E-state index is 0.182. The number of nitrogens with zero attached hydrogens (tertiary/aromatic N) is 1. The molecule has 0 radical (unpaired) electrons. The predicted octanol–water partition coefficient (Wildman–Crippen LogP) is 4.99. The van der Waals surface area contributed by atoms with Crippen molar-refractivity contribution in [1.82, 2.24) is 4.98 Å². The van der Waals surface area contributed by atoms with E-state index in [1.54, 1.807) is 12.3 Å². The number of aromatic nitrogens is 1. The molecule has 0 aliphatic heterocycles. The molecular weight excluding hydrogens is 448 g/mol. The second-order valence-electron chi connectivity index (χ2n) is 3.51. The lowest BCUT2D eigenvalue weighted by molar-refractivity contribution is 0.102. The van der Waals surface area contributed by atoms with Crippen LogP contribution >= 0.6 is 59.1 Å². The van der Waals surface area contributed by atoms with E-state index in [2.05, 4.69) is 58.1 Å².